The summed E-state index contributed by atoms with van der Waals surface area (Å²) in [6.45, 7) is 12.4. The van der Waals surface area contributed by atoms with Crippen molar-refractivity contribution in [3.63, 3.8) is 0 Å². The summed E-state index contributed by atoms with van der Waals surface area (Å²) in [6, 6.07) is 8.59. The van der Waals surface area contributed by atoms with Gasteiger partial charge >= 0.3 is 6.03 Å². The molecule has 1 fully saturated rings. The number of piperidine rings is 1. The Hall–Kier alpha value is -1.81. The highest BCUT2D eigenvalue weighted by atomic mass is 16.2. The number of rotatable bonds is 4. The molecule has 1 aliphatic rings. The van der Waals surface area contributed by atoms with Crippen LogP contribution in [0.25, 0.3) is 5.57 Å². The van der Waals surface area contributed by atoms with Crippen molar-refractivity contribution in [3.8, 4) is 0 Å². The third-order valence-corrected chi connectivity index (χ3v) is 5.17. The summed E-state index contributed by atoms with van der Waals surface area (Å²) in [5.41, 5.74) is 2.82. The van der Waals surface area contributed by atoms with Crippen LogP contribution < -0.4 is 10.2 Å². The average Bonchev–Trinajstić information content (AvgIpc) is 2.54. The molecule has 0 bridgehead atoms. The Kier molecular flexibility index (Phi) is 5.70. The lowest BCUT2D eigenvalue weighted by molar-refractivity contribution is -0.885. The summed E-state index contributed by atoms with van der Waals surface area (Å²) >= 11 is 0. The van der Waals surface area contributed by atoms with Gasteiger partial charge in [-0.15, -0.1) is 0 Å². The number of hydrogen-bond donors (Lipinski definition) is 2. The normalized spacial score (nSPS) is 21.2. The molecule has 0 saturated carbocycles. The Morgan fingerprint density at radius 3 is 2.54 bits per heavy atom. The number of carbonyl (C=O) groups is 1. The maximum Gasteiger partial charge on any atom is 0.318 e. The number of benzene rings is 1. The van der Waals surface area contributed by atoms with E-state index >= 15 is 0 Å². The monoisotopic (exact) mass is 330 g/mol. The van der Waals surface area contributed by atoms with Crippen LogP contribution in [0.4, 0.5) is 4.79 Å². The lowest BCUT2D eigenvalue weighted by atomic mass is 9.91. The van der Waals surface area contributed by atoms with Crippen LogP contribution in [0.1, 0.15) is 44.7 Å². The first kappa shape index (κ1) is 18.5. The van der Waals surface area contributed by atoms with Crippen LogP contribution in [0, 0.1) is 0 Å². The first-order valence-electron chi connectivity index (χ1n) is 8.83. The zero-order chi connectivity index (χ0) is 17.9. The third-order valence-electron chi connectivity index (χ3n) is 5.17. The zero-order valence-electron chi connectivity index (χ0n) is 15.8. The first-order chi connectivity index (χ1) is 11.2. The minimum atomic E-state index is -0.423. The molecule has 2 rings (SSSR count). The van der Waals surface area contributed by atoms with Gasteiger partial charge in [-0.3, -0.25) is 0 Å². The molecule has 1 aromatic rings. The maximum atomic E-state index is 12.7. The molecule has 1 aromatic carbocycles. The van der Waals surface area contributed by atoms with Crippen molar-refractivity contribution in [2.75, 3.05) is 27.2 Å². The number of amides is 2. The smallest absolute Gasteiger partial charge is 0.318 e. The summed E-state index contributed by atoms with van der Waals surface area (Å²) in [7, 11) is 4.13. The van der Waals surface area contributed by atoms with Gasteiger partial charge in [-0.2, -0.15) is 0 Å². The Morgan fingerprint density at radius 2 is 1.96 bits per heavy atom. The standard InChI is InChI=1S/C20H31N3O/c1-15(2)16-8-7-9-17(14-16)20(3,4)21-19(24)23(6)18-10-12-22(5)13-11-18/h7-9,14,18H,1,10-13H2,2-6H3,(H,21,24)/p+1. The largest absolute Gasteiger partial charge is 0.337 e. The van der Waals surface area contributed by atoms with Gasteiger partial charge in [0.15, 0.2) is 0 Å². The van der Waals surface area contributed by atoms with Gasteiger partial charge in [-0.1, -0.05) is 30.4 Å². The number of carbonyl (C=O) groups excluding carboxylic acids is 1. The van der Waals surface area contributed by atoms with E-state index in [1.54, 1.807) is 4.90 Å². The zero-order valence-corrected chi connectivity index (χ0v) is 15.8. The van der Waals surface area contributed by atoms with E-state index < -0.39 is 5.54 Å². The van der Waals surface area contributed by atoms with Crippen LogP contribution in [-0.2, 0) is 5.54 Å². The quantitative estimate of drug-likeness (QED) is 0.873. The highest BCUT2D eigenvalue weighted by Crippen LogP contribution is 2.24. The number of likely N-dealkylation sites (tertiary alicyclic amines) is 1. The molecule has 0 radical (unpaired) electrons. The van der Waals surface area contributed by atoms with Crippen molar-refractivity contribution < 1.29 is 9.69 Å². The Balaban J connectivity index is 2.06. The summed E-state index contributed by atoms with van der Waals surface area (Å²) in [4.78, 5) is 16.2. The maximum absolute atomic E-state index is 12.7. The molecule has 2 amide bonds. The predicted octanol–water partition coefficient (Wildman–Crippen LogP) is 2.27. The Bertz CT molecular complexity index is 601. The van der Waals surface area contributed by atoms with Crippen molar-refractivity contribution in [2.45, 2.75) is 45.2 Å². The van der Waals surface area contributed by atoms with Crippen LogP contribution in [0.15, 0.2) is 30.8 Å². The van der Waals surface area contributed by atoms with Crippen LogP contribution >= 0.6 is 0 Å². The SMILES string of the molecule is C=C(C)c1cccc(C(C)(C)NC(=O)N(C)C2CC[NH+](C)CC2)c1. The third kappa shape index (κ3) is 4.38. The summed E-state index contributed by atoms with van der Waals surface area (Å²) < 4.78 is 0. The van der Waals surface area contributed by atoms with E-state index in [2.05, 4.69) is 51.0 Å². The number of allylic oxidation sites excluding steroid dienone is 1. The van der Waals surface area contributed by atoms with Gasteiger partial charge in [0.2, 0.25) is 0 Å². The second kappa shape index (κ2) is 7.39. The van der Waals surface area contributed by atoms with Crippen molar-refractivity contribution in [3.05, 3.63) is 42.0 Å². The van der Waals surface area contributed by atoms with Gasteiger partial charge in [0, 0.05) is 25.9 Å². The first-order valence-corrected chi connectivity index (χ1v) is 8.83. The minimum Gasteiger partial charge on any atom is -0.337 e. The second-order valence-electron chi connectivity index (χ2n) is 7.72. The minimum absolute atomic E-state index is 0.00489. The summed E-state index contributed by atoms with van der Waals surface area (Å²) in [6.07, 6.45) is 2.14. The average molecular weight is 330 g/mol. The molecule has 4 heteroatoms. The molecule has 24 heavy (non-hydrogen) atoms. The molecule has 2 N–H and O–H groups in total. The van der Waals surface area contributed by atoms with Crippen molar-refractivity contribution in [2.24, 2.45) is 0 Å². The number of nitrogens with one attached hydrogen (secondary N) is 2. The second-order valence-corrected chi connectivity index (χ2v) is 7.72. The molecular formula is C20H32N3O+. The molecule has 4 nitrogen and oxygen atoms in total. The molecule has 0 atom stereocenters. The fraction of sp³-hybridized carbons (Fsp3) is 0.550. The van der Waals surface area contributed by atoms with Gasteiger partial charge in [0.25, 0.3) is 0 Å². The number of quaternary nitrogens is 1. The van der Waals surface area contributed by atoms with Crippen molar-refractivity contribution in [1.82, 2.24) is 10.2 Å². The van der Waals surface area contributed by atoms with Gasteiger partial charge in [-0.05, 0) is 38.0 Å². The highest BCUT2D eigenvalue weighted by Gasteiger charge is 2.30. The predicted molar refractivity (Wildman–Crippen MR) is 100 cm³/mol. The van der Waals surface area contributed by atoms with Crippen LogP contribution in [0.3, 0.4) is 0 Å². The molecule has 1 heterocycles. The molecule has 0 aromatic heterocycles. The van der Waals surface area contributed by atoms with E-state index in [0.29, 0.717) is 6.04 Å². The van der Waals surface area contributed by atoms with Crippen LogP contribution in [0.5, 0.6) is 0 Å². The number of hydrogen-bond acceptors (Lipinski definition) is 1. The van der Waals surface area contributed by atoms with Gasteiger partial charge in [-0.25, -0.2) is 4.79 Å². The number of nitrogens with zero attached hydrogens (tertiary/aromatic N) is 1. The van der Waals surface area contributed by atoms with Gasteiger partial charge in [0.05, 0.1) is 25.7 Å². The van der Waals surface area contributed by atoms with Crippen molar-refractivity contribution in [1.29, 1.82) is 0 Å². The van der Waals surface area contributed by atoms with E-state index in [0.717, 1.165) is 42.6 Å². The highest BCUT2D eigenvalue weighted by molar-refractivity contribution is 5.75. The van der Waals surface area contributed by atoms with Crippen LogP contribution in [0.2, 0.25) is 0 Å². The molecule has 1 saturated heterocycles. The van der Waals surface area contributed by atoms with E-state index in [-0.39, 0.29) is 6.03 Å². The van der Waals surface area contributed by atoms with E-state index in [1.807, 2.05) is 24.9 Å². The molecular weight excluding hydrogens is 298 g/mol. The Morgan fingerprint density at radius 1 is 1.33 bits per heavy atom. The van der Waals surface area contributed by atoms with E-state index in [1.165, 1.54) is 0 Å². The van der Waals surface area contributed by atoms with Crippen molar-refractivity contribution >= 4 is 11.6 Å². The van der Waals surface area contributed by atoms with E-state index in [4.69, 9.17) is 0 Å². The lowest BCUT2D eigenvalue weighted by Crippen LogP contribution is -3.10. The molecule has 1 aliphatic heterocycles. The molecule has 0 unspecified atom stereocenters. The lowest BCUT2D eigenvalue weighted by Gasteiger charge is -2.36. The summed E-state index contributed by atoms with van der Waals surface area (Å²) in [5, 5.41) is 3.20. The molecule has 0 aliphatic carbocycles. The topological polar surface area (TPSA) is 36.8 Å². The van der Waals surface area contributed by atoms with Crippen LogP contribution in [-0.4, -0.2) is 44.2 Å². The number of urea groups is 1. The fourth-order valence-corrected chi connectivity index (χ4v) is 3.25. The van der Waals surface area contributed by atoms with Gasteiger partial charge in [0.1, 0.15) is 0 Å². The fourth-order valence-electron chi connectivity index (χ4n) is 3.25. The molecule has 0 spiro atoms. The Labute approximate surface area is 146 Å². The van der Waals surface area contributed by atoms with Gasteiger partial charge < -0.3 is 15.1 Å². The summed E-state index contributed by atoms with van der Waals surface area (Å²) in [5.74, 6) is 0. The van der Waals surface area contributed by atoms with E-state index in [9.17, 15) is 4.79 Å². The molecule has 132 valence electrons.